The number of fused-ring (bicyclic) bond motifs is 3. The highest BCUT2D eigenvalue weighted by molar-refractivity contribution is 5.94. The van der Waals surface area contributed by atoms with Crippen molar-refractivity contribution in [3.8, 4) is 0 Å². The zero-order chi connectivity index (χ0) is 17.8. The van der Waals surface area contributed by atoms with Crippen molar-refractivity contribution in [3.63, 3.8) is 0 Å². The van der Waals surface area contributed by atoms with Crippen molar-refractivity contribution < 1.29 is 18.7 Å². The van der Waals surface area contributed by atoms with Gasteiger partial charge in [-0.05, 0) is 31.3 Å². The summed E-state index contributed by atoms with van der Waals surface area (Å²) in [7, 11) is 2.07. The molecular formula is C18H24FN3O3. The SMILES string of the molecule is CN1C[C@@H]2COC[C@H](C1)N(C(=O)CCNC(=O)c1ccc(F)cc1)C2. The summed E-state index contributed by atoms with van der Waals surface area (Å²) in [5.41, 5.74) is 0.384. The average molecular weight is 349 g/mol. The van der Waals surface area contributed by atoms with Gasteiger partial charge in [0.05, 0.1) is 19.3 Å². The maximum absolute atomic E-state index is 12.9. The van der Waals surface area contributed by atoms with Gasteiger partial charge in [-0.15, -0.1) is 0 Å². The summed E-state index contributed by atoms with van der Waals surface area (Å²) in [4.78, 5) is 28.8. The maximum atomic E-state index is 12.9. The highest BCUT2D eigenvalue weighted by atomic mass is 19.1. The molecular weight excluding hydrogens is 325 g/mol. The van der Waals surface area contributed by atoms with Crippen molar-refractivity contribution in [3.05, 3.63) is 35.6 Å². The van der Waals surface area contributed by atoms with Gasteiger partial charge in [0.1, 0.15) is 5.82 Å². The van der Waals surface area contributed by atoms with E-state index in [4.69, 9.17) is 4.74 Å². The first-order valence-electron chi connectivity index (χ1n) is 8.62. The summed E-state index contributed by atoms with van der Waals surface area (Å²) >= 11 is 0. The molecule has 0 spiro atoms. The molecule has 2 heterocycles. The fraction of sp³-hybridized carbons (Fsp3) is 0.556. The molecule has 6 nitrogen and oxygen atoms in total. The van der Waals surface area contributed by atoms with Crippen LogP contribution in [0.3, 0.4) is 0 Å². The number of likely N-dealkylation sites (N-methyl/N-ethyl adjacent to an activating group) is 1. The number of benzene rings is 1. The second-order valence-electron chi connectivity index (χ2n) is 6.84. The molecule has 0 saturated carbocycles. The van der Waals surface area contributed by atoms with Crippen LogP contribution < -0.4 is 5.32 Å². The number of rotatable bonds is 4. The lowest BCUT2D eigenvalue weighted by Crippen LogP contribution is -2.46. The molecule has 0 unspecified atom stereocenters. The van der Waals surface area contributed by atoms with E-state index in [0.29, 0.717) is 31.2 Å². The van der Waals surface area contributed by atoms with Gasteiger partial charge in [-0.2, -0.15) is 0 Å². The summed E-state index contributed by atoms with van der Waals surface area (Å²) < 4.78 is 18.6. The van der Waals surface area contributed by atoms with E-state index in [1.54, 1.807) is 0 Å². The largest absolute Gasteiger partial charge is 0.379 e. The first-order chi connectivity index (χ1) is 12.0. The fourth-order valence-corrected chi connectivity index (χ4v) is 3.51. The number of nitrogens with zero attached hydrogens (tertiary/aromatic N) is 2. The van der Waals surface area contributed by atoms with E-state index in [1.807, 2.05) is 4.90 Å². The fourth-order valence-electron chi connectivity index (χ4n) is 3.51. The molecule has 2 aliphatic heterocycles. The van der Waals surface area contributed by atoms with Crippen LogP contribution >= 0.6 is 0 Å². The van der Waals surface area contributed by atoms with Gasteiger partial charge in [0.15, 0.2) is 0 Å². The molecule has 136 valence electrons. The van der Waals surface area contributed by atoms with Crippen molar-refractivity contribution in [2.75, 3.05) is 46.4 Å². The lowest BCUT2D eigenvalue weighted by atomic mass is 10.1. The van der Waals surface area contributed by atoms with Gasteiger partial charge in [0.2, 0.25) is 5.91 Å². The summed E-state index contributed by atoms with van der Waals surface area (Å²) in [5, 5.41) is 2.72. The monoisotopic (exact) mass is 349 g/mol. The maximum Gasteiger partial charge on any atom is 0.251 e. The van der Waals surface area contributed by atoms with Crippen LogP contribution in [0.2, 0.25) is 0 Å². The van der Waals surface area contributed by atoms with Crippen molar-refractivity contribution in [2.24, 2.45) is 5.92 Å². The minimum Gasteiger partial charge on any atom is -0.379 e. The van der Waals surface area contributed by atoms with Gasteiger partial charge < -0.3 is 19.9 Å². The molecule has 25 heavy (non-hydrogen) atoms. The van der Waals surface area contributed by atoms with Crippen LogP contribution in [-0.4, -0.2) is 74.1 Å². The third-order valence-corrected chi connectivity index (χ3v) is 4.70. The number of halogens is 1. The predicted molar refractivity (Wildman–Crippen MR) is 90.7 cm³/mol. The topological polar surface area (TPSA) is 61.9 Å². The van der Waals surface area contributed by atoms with Crippen molar-refractivity contribution in [1.82, 2.24) is 15.1 Å². The van der Waals surface area contributed by atoms with Crippen LogP contribution in [0.1, 0.15) is 16.8 Å². The van der Waals surface area contributed by atoms with E-state index in [2.05, 4.69) is 17.3 Å². The Balaban J connectivity index is 1.52. The third kappa shape index (κ3) is 4.55. The number of nitrogens with one attached hydrogen (secondary N) is 1. The number of hydrogen-bond acceptors (Lipinski definition) is 4. The molecule has 2 amide bonds. The summed E-state index contributed by atoms with van der Waals surface area (Å²) in [5.74, 6) is -0.317. The lowest BCUT2D eigenvalue weighted by molar-refractivity contribution is -0.133. The molecule has 1 aromatic rings. The molecule has 2 aliphatic rings. The molecule has 0 radical (unpaired) electrons. The van der Waals surface area contributed by atoms with E-state index >= 15 is 0 Å². The molecule has 3 rings (SSSR count). The van der Waals surface area contributed by atoms with Crippen molar-refractivity contribution >= 4 is 11.8 Å². The van der Waals surface area contributed by atoms with E-state index in [-0.39, 0.29) is 36.6 Å². The summed E-state index contributed by atoms with van der Waals surface area (Å²) in [6.45, 7) is 3.96. The van der Waals surface area contributed by atoms with Crippen molar-refractivity contribution in [2.45, 2.75) is 12.5 Å². The Morgan fingerprint density at radius 3 is 2.72 bits per heavy atom. The number of ether oxygens (including phenoxy) is 1. The smallest absolute Gasteiger partial charge is 0.251 e. The van der Waals surface area contributed by atoms with Crippen LogP contribution in [0.4, 0.5) is 4.39 Å². The Kier molecular flexibility index (Phi) is 5.65. The Bertz CT molecular complexity index is 622. The minimum absolute atomic E-state index is 0.0372. The Labute approximate surface area is 146 Å². The van der Waals surface area contributed by atoms with Gasteiger partial charge >= 0.3 is 0 Å². The molecule has 2 fully saturated rings. The molecule has 7 heteroatoms. The molecule has 2 bridgehead atoms. The van der Waals surface area contributed by atoms with Crippen LogP contribution in [0.5, 0.6) is 0 Å². The number of carbonyl (C=O) groups is 2. The predicted octanol–water partition coefficient (Wildman–Crippen LogP) is 0.735. The Morgan fingerprint density at radius 2 is 1.96 bits per heavy atom. The standard InChI is InChI=1S/C18H24FN3O3/c1-21-8-13-9-22(16(10-21)12-25-11-13)17(23)6-7-20-18(24)14-2-4-15(19)5-3-14/h2-5,13,16H,6-12H2,1H3,(H,20,24)/t13-,16-/m0/s1. The highest BCUT2D eigenvalue weighted by Gasteiger charge is 2.34. The van der Waals surface area contributed by atoms with Crippen LogP contribution in [0.25, 0.3) is 0 Å². The number of hydrogen-bond donors (Lipinski definition) is 1. The first kappa shape index (κ1) is 17.8. The van der Waals surface area contributed by atoms with Gasteiger partial charge in [-0.3, -0.25) is 9.59 Å². The Hall–Kier alpha value is -1.99. The molecule has 1 N–H and O–H groups in total. The number of amides is 2. The van der Waals surface area contributed by atoms with Crippen LogP contribution in [0, 0.1) is 11.7 Å². The highest BCUT2D eigenvalue weighted by Crippen LogP contribution is 2.19. The van der Waals surface area contributed by atoms with Crippen molar-refractivity contribution in [1.29, 1.82) is 0 Å². The normalized spacial score (nSPS) is 23.8. The minimum atomic E-state index is -0.383. The molecule has 2 atom stereocenters. The van der Waals surface area contributed by atoms with Crippen LogP contribution in [0.15, 0.2) is 24.3 Å². The molecule has 0 aromatic heterocycles. The van der Waals surface area contributed by atoms with Gasteiger partial charge in [0, 0.05) is 44.1 Å². The molecule has 1 aromatic carbocycles. The van der Waals surface area contributed by atoms with E-state index in [1.165, 1.54) is 24.3 Å². The van der Waals surface area contributed by atoms with Crippen LogP contribution in [-0.2, 0) is 9.53 Å². The quantitative estimate of drug-likeness (QED) is 0.871. The summed E-state index contributed by atoms with van der Waals surface area (Å²) in [6.07, 6.45) is 0.250. The zero-order valence-corrected chi connectivity index (χ0v) is 14.4. The number of carbonyl (C=O) groups excluding carboxylic acids is 2. The van der Waals surface area contributed by atoms with E-state index in [0.717, 1.165) is 13.1 Å². The first-order valence-corrected chi connectivity index (χ1v) is 8.62. The Morgan fingerprint density at radius 1 is 1.20 bits per heavy atom. The summed E-state index contributed by atoms with van der Waals surface area (Å²) in [6, 6.07) is 5.41. The molecule has 0 aliphatic carbocycles. The van der Waals surface area contributed by atoms with E-state index in [9.17, 15) is 14.0 Å². The van der Waals surface area contributed by atoms with Gasteiger partial charge in [-0.25, -0.2) is 4.39 Å². The second kappa shape index (κ2) is 7.93. The van der Waals surface area contributed by atoms with Gasteiger partial charge in [0.25, 0.3) is 5.91 Å². The zero-order valence-electron chi connectivity index (χ0n) is 14.4. The average Bonchev–Trinajstić information content (AvgIpc) is 2.85. The third-order valence-electron chi connectivity index (χ3n) is 4.70. The molecule has 2 saturated heterocycles. The second-order valence-corrected chi connectivity index (χ2v) is 6.84. The lowest BCUT2D eigenvalue weighted by Gasteiger charge is -2.29. The van der Waals surface area contributed by atoms with E-state index < -0.39 is 0 Å². The van der Waals surface area contributed by atoms with Gasteiger partial charge in [-0.1, -0.05) is 0 Å².